The lowest BCUT2D eigenvalue weighted by atomic mass is 10.2. The number of aromatic nitrogens is 1. The Morgan fingerprint density at radius 1 is 1.58 bits per heavy atom. The number of nitrogens with zero attached hydrogens (tertiary/aromatic N) is 2. The van der Waals surface area contributed by atoms with Gasteiger partial charge < -0.3 is 9.62 Å². The van der Waals surface area contributed by atoms with E-state index in [2.05, 4.69) is 10.1 Å². The first-order chi connectivity index (χ1) is 5.90. The normalized spacial score (nSPS) is 11.3. The maximum atomic E-state index is 8.26. The van der Waals surface area contributed by atoms with Gasteiger partial charge in [-0.3, -0.25) is 0 Å². The van der Waals surface area contributed by atoms with E-state index in [9.17, 15) is 0 Å². The fourth-order valence-electron chi connectivity index (χ4n) is 1.01. The molecule has 2 heterocycles. The lowest BCUT2D eigenvalue weighted by Crippen LogP contribution is -1.82. The van der Waals surface area contributed by atoms with Crippen molar-refractivity contribution in [1.29, 1.82) is 0 Å². The fourth-order valence-corrected chi connectivity index (χ4v) is 1.01. The predicted molar refractivity (Wildman–Crippen MR) is 43.4 cm³/mol. The third-order valence-electron chi connectivity index (χ3n) is 1.53. The molecule has 4 nitrogen and oxygen atoms in total. The molecular weight excluding hydrogens is 156 g/mol. The van der Waals surface area contributed by atoms with Gasteiger partial charge in [0.25, 0.3) is 0 Å². The summed E-state index contributed by atoms with van der Waals surface area (Å²) in [5.41, 5.74) is 1.33. The Kier molecular flexibility index (Phi) is 1.51. The Balaban J connectivity index is 2.60. The van der Waals surface area contributed by atoms with Crippen molar-refractivity contribution in [1.82, 2.24) is 4.98 Å². The number of hydrogen-bond acceptors (Lipinski definition) is 4. The van der Waals surface area contributed by atoms with Crippen LogP contribution in [0.1, 0.15) is 5.56 Å². The zero-order valence-corrected chi connectivity index (χ0v) is 6.14. The molecular formula is C8H6N2O2. The Labute approximate surface area is 68.1 Å². The summed E-state index contributed by atoms with van der Waals surface area (Å²) in [5, 5.41) is 12.1. The SMILES string of the molecule is O/N=C/c1cnc2occc2c1. The van der Waals surface area contributed by atoms with Crippen molar-refractivity contribution < 1.29 is 9.62 Å². The molecule has 0 atom stereocenters. The van der Waals surface area contributed by atoms with Crippen LogP contribution in [-0.2, 0) is 0 Å². The van der Waals surface area contributed by atoms with Crippen molar-refractivity contribution in [3.8, 4) is 0 Å². The highest BCUT2D eigenvalue weighted by Gasteiger charge is 1.97. The van der Waals surface area contributed by atoms with Crippen molar-refractivity contribution in [2.75, 3.05) is 0 Å². The van der Waals surface area contributed by atoms with Gasteiger partial charge in [0.2, 0.25) is 5.71 Å². The fraction of sp³-hybridized carbons (Fsp3) is 0. The van der Waals surface area contributed by atoms with Gasteiger partial charge in [0.05, 0.1) is 12.5 Å². The minimum Gasteiger partial charge on any atom is -0.446 e. The highest BCUT2D eigenvalue weighted by atomic mass is 16.4. The minimum atomic E-state index is 0.588. The monoisotopic (exact) mass is 162 g/mol. The van der Waals surface area contributed by atoms with Gasteiger partial charge in [-0.05, 0) is 12.1 Å². The molecule has 0 unspecified atom stereocenters. The largest absolute Gasteiger partial charge is 0.446 e. The van der Waals surface area contributed by atoms with Gasteiger partial charge in [0, 0.05) is 17.1 Å². The first kappa shape index (κ1) is 6.84. The van der Waals surface area contributed by atoms with Gasteiger partial charge in [-0.1, -0.05) is 5.16 Å². The van der Waals surface area contributed by atoms with Crippen LogP contribution in [0.2, 0.25) is 0 Å². The first-order valence-corrected chi connectivity index (χ1v) is 3.41. The molecule has 0 fully saturated rings. The summed E-state index contributed by atoms with van der Waals surface area (Å²) in [4.78, 5) is 3.99. The maximum Gasteiger partial charge on any atom is 0.225 e. The molecule has 2 aromatic rings. The number of hydrogen-bond donors (Lipinski definition) is 1. The lowest BCUT2D eigenvalue weighted by Gasteiger charge is -1.89. The summed E-state index contributed by atoms with van der Waals surface area (Å²) >= 11 is 0. The number of rotatable bonds is 1. The van der Waals surface area contributed by atoms with Crippen LogP contribution in [0.5, 0.6) is 0 Å². The van der Waals surface area contributed by atoms with Crippen LogP contribution in [-0.4, -0.2) is 16.4 Å². The van der Waals surface area contributed by atoms with Crippen molar-refractivity contribution >= 4 is 17.3 Å². The lowest BCUT2D eigenvalue weighted by molar-refractivity contribution is 0.322. The van der Waals surface area contributed by atoms with E-state index < -0.39 is 0 Å². The molecule has 0 saturated carbocycles. The van der Waals surface area contributed by atoms with E-state index in [1.165, 1.54) is 6.21 Å². The van der Waals surface area contributed by atoms with Crippen molar-refractivity contribution in [2.24, 2.45) is 5.16 Å². The summed E-state index contributed by atoms with van der Waals surface area (Å²) in [6, 6.07) is 3.63. The van der Waals surface area contributed by atoms with E-state index in [0.29, 0.717) is 5.71 Å². The van der Waals surface area contributed by atoms with Gasteiger partial charge in [-0.2, -0.15) is 0 Å². The Hall–Kier alpha value is -1.84. The van der Waals surface area contributed by atoms with Crippen molar-refractivity contribution in [3.63, 3.8) is 0 Å². The van der Waals surface area contributed by atoms with Gasteiger partial charge in [-0.25, -0.2) is 4.98 Å². The van der Waals surface area contributed by atoms with Gasteiger partial charge >= 0.3 is 0 Å². The van der Waals surface area contributed by atoms with E-state index >= 15 is 0 Å². The molecule has 2 rings (SSSR count). The zero-order valence-electron chi connectivity index (χ0n) is 6.14. The standard InChI is InChI=1S/C8H6N2O2/c11-10-5-6-3-7-1-2-12-8(7)9-4-6/h1-5,11H/b10-5+. The van der Waals surface area contributed by atoms with E-state index in [-0.39, 0.29) is 0 Å². The second-order valence-electron chi connectivity index (χ2n) is 2.33. The third-order valence-corrected chi connectivity index (χ3v) is 1.53. The van der Waals surface area contributed by atoms with Crippen LogP contribution in [0.25, 0.3) is 11.1 Å². The Morgan fingerprint density at radius 3 is 3.33 bits per heavy atom. The summed E-state index contributed by atoms with van der Waals surface area (Å²) < 4.78 is 5.03. The van der Waals surface area contributed by atoms with E-state index in [4.69, 9.17) is 9.62 Å². The molecule has 0 amide bonds. The Morgan fingerprint density at radius 2 is 2.50 bits per heavy atom. The quantitative estimate of drug-likeness (QED) is 0.394. The Bertz CT molecular complexity index is 420. The van der Waals surface area contributed by atoms with Crippen LogP contribution in [0.15, 0.2) is 34.2 Å². The van der Waals surface area contributed by atoms with E-state index in [0.717, 1.165) is 10.9 Å². The van der Waals surface area contributed by atoms with Crippen molar-refractivity contribution in [2.45, 2.75) is 0 Å². The molecule has 1 N–H and O–H groups in total. The second-order valence-corrected chi connectivity index (χ2v) is 2.33. The van der Waals surface area contributed by atoms with Gasteiger partial charge in [-0.15, -0.1) is 0 Å². The van der Waals surface area contributed by atoms with Gasteiger partial charge in [0.15, 0.2) is 0 Å². The highest BCUT2D eigenvalue weighted by Crippen LogP contribution is 2.12. The average Bonchev–Trinajstić information content (AvgIpc) is 2.51. The molecule has 0 bridgehead atoms. The zero-order chi connectivity index (χ0) is 8.39. The minimum absolute atomic E-state index is 0.588. The van der Waals surface area contributed by atoms with Crippen LogP contribution in [0, 0.1) is 0 Å². The molecule has 60 valence electrons. The van der Waals surface area contributed by atoms with E-state index in [1.54, 1.807) is 18.5 Å². The van der Waals surface area contributed by atoms with Gasteiger partial charge in [0.1, 0.15) is 0 Å². The number of fused-ring (bicyclic) bond motifs is 1. The molecule has 0 spiro atoms. The molecule has 0 aliphatic rings. The molecule has 0 aliphatic carbocycles. The average molecular weight is 162 g/mol. The van der Waals surface area contributed by atoms with E-state index in [1.807, 2.05) is 6.07 Å². The highest BCUT2D eigenvalue weighted by molar-refractivity contribution is 5.85. The molecule has 0 saturated heterocycles. The molecule has 4 heteroatoms. The smallest absolute Gasteiger partial charge is 0.225 e. The summed E-state index contributed by atoms with van der Waals surface area (Å²) in [7, 11) is 0. The molecule has 0 aliphatic heterocycles. The van der Waals surface area contributed by atoms with Crippen LogP contribution < -0.4 is 0 Å². The number of pyridine rings is 1. The molecule has 0 aromatic carbocycles. The number of oxime groups is 1. The number of furan rings is 1. The molecule has 0 radical (unpaired) electrons. The van der Waals surface area contributed by atoms with Crippen LogP contribution in [0.3, 0.4) is 0 Å². The predicted octanol–water partition coefficient (Wildman–Crippen LogP) is 1.64. The third kappa shape index (κ3) is 1.03. The second kappa shape index (κ2) is 2.65. The topological polar surface area (TPSA) is 58.6 Å². The molecule has 2 aromatic heterocycles. The summed E-state index contributed by atoms with van der Waals surface area (Å²) in [6.45, 7) is 0. The van der Waals surface area contributed by atoms with Crippen molar-refractivity contribution in [3.05, 3.63) is 30.2 Å². The first-order valence-electron chi connectivity index (χ1n) is 3.41. The molecule has 12 heavy (non-hydrogen) atoms. The summed E-state index contributed by atoms with van der Waals surface area (Å²) in [5.74, 6) is 0. The van der Waals surface area contributed by atoms with Crippen LogP contribution in [0.4, 0.5) is 0 Å². The van der Waals surface area contributed by atoms with Crippen LogP contribution >= 0.6 is 0 Å². The summed E-state index contributed by atoms with van der Waals surface area (Å²) in [6.07, 6.45) is 4.46. The maximum absolute atomic E-state index is 8.26.